The summed E-state index contributed by atoms with van der Waals surface area (Å²) in [6.07, 6.45) is 6.71. The number of benzene rings is 2. The summed E-state index contributed by atoms with van der Waals surface area (Å²) >= 11 is 5.79. The lowest BCUT2D eigenvalue weighted by Crippen LogP contribution is -2.12. The van der Waals surface area contributed by atoms with E-state index < -0.39 is 0 Å². The second kappa shape index (κ2) is 11.3. The zero-order chi connectivity index (χ0) is 18.8. The Labute approximate surface area is 163 Å². The van der Waals surface area contributed by atoms with Gasteiger partial charge >= 0.3 is 0 Å². The lowest BCUT2D eigenvalue weighted by atomic mass is 9.99. The minimum Gasteiger partial charge on any atom is -0.493 e. The number of rotatable bonds is 12. The number of unbranched alkanes of at least 4 members (excludes halogenated alkanes) is 1. The fourth-order valence-corrected chi connectivity index (χ4v) is 3.37. The van der Waals surface area contributed by atoms with Crippen molar-refractivity contribution in [1.82, 2.24) is 0 Å². The maximum atomic E-state index is 6.40. The van der Waals surface area contributed by atoms with Crippen LogP contribution in [0.3, 0.4) is 0 Å². The molecule has 0 bridgehead atoms. The average Bonchev–Trinajstić information content (AvgIpc) is 2.68. The van der Waals surface area contributed by atoms with Gasteiger partial charge in [-0.3, -0.25) is 0 Å². The van der Waals surface area contributed by atoms with E-state index in [9.17, 15) is 0 Å². The third-order valence-electron chi connectivity index (χ3n) is 4.96. The molecule has 0 aliphatic rings. The van der Waals surface area contributed by atoms with Gasteiger partial charge < -0.3 is 9.47 Å². The van der Waals surface area contributed by atoms with E-state index in [2.05, 4.69) is 51.1 Å². The summed E-state index contributed by atoms with van der Waals surface area (Å²) in [6.45, 7) is 8.12. The van der Waals surface area contributed by atoms with E-state index in [1.807, 2.05) is 0 Å². The quantitative estimate of drug-likeness (QED) is 0.293. The molecule has 0 fully saturated rings. The normalized spacial score (nSPS) is 12.3. The van der Waals surface area contributed by atoms with Gasteiger partial charge in [0.1, 0.15) is 11.5 Å². The maximum absolute atomic E-state index is 6.40. The fourth-order valence-electron chi connectivity index (χ4n) is 3.26. The van der Waals surface area contributed by atoms with Gasteiger partial charge in [-0.2, -0.15) is 0 Å². The number of aryl methyl sites for hydroxylation is 1. The summed E-state index contributed by atoms with van der Waals surface area (Å²) in [5.74, 6) is 3.21. The van der Waals surface area contributed by atoms with Gasteiger partial charge in [0.2, 0.25) is 0 Å². The Kier molecular flexibility index (Phi) is 9.11. The van der Waals surface area contributed by atoms with Crippen molar-refractivity contribution in [2.24, 2.45) is 5.92 Å². The third kappa shape index (κ3) is 5.54. The van der Waals surface area contributed by atoms with Crippen LogP contribution in [0.5, 0.6) is 11.5 Å². The van der Waals surface area contributed by atoms with Crippen LogP contribution in [0.1, 0.15) is 58.4 Å². The highest BCUT2D eigenvalue weighted by Gasteiger charge is 2.15. The molecule has 0 N–H and O–H groups in total. The summed E-state index contributed by atoms with van der Waals surface area (Å²) in [6, 6.07) is 10.5. The first-order valence-corrected chi connectivity index (χ1v) is 10.6. The van der Waals surface area contributed by atoms with Crippen LogP contribution in [0.4, 0.5) is 0 Å². The van der Waals surface area contributed by atoms with Crippen LogP contribution in [0.25, 0.3) is 10.8 Å². The van der Waals surface area contributed by atoms with Gasteiger partial charge in [-0.25, -0.2) is 0 Å². The first kappa shape index (κ1) is 20.9. The van der Waals surface area contributed by atoms with Gasteiger partial charge in [0.05, 0.1) is 13.2 Å². The summed E-state index contributed by atoms with van der Waals surface area (Å²) < 4.78 is 12.4. The van der Waals surface area contributed by atoms with E-state index in [0.717, 1.165) is 41.7 Å². The zero-order valence-corrected chi connectivity index (χ0v) is 17.3. The number of alkyl halides is 1. The number of ether oxygens (including phenoxy) is 2. The Hall–Kier alpha value is -1.41. The Balaban J connectivity index is 2.28. The monoisotopic (exact) mass is 376 g/mol. The summed E-state index contributed by atoms with van der Waals surface area (Å²) in [5.41, 5.74) is 1.22. The van der Waals surface area contributed by atoms with E-state index >= 15 is 0 Å². The largest absolute Gasteiger partial charge is 0.493 e. The van der Waals surface area contributed by atoms with Crippen LogP contribution in [0, 0.1) is 5.92 Å². The van der Waals surface area contributed by atoms with Crippen molar-refractivity contribution in [3.8, 4) is 11.5 Å². The predicted octanol–water partition coefficient (Wildman–Crippen LogP) is 7.01. The van der Waals surface area contributed by atoms with Crippen molar-refractivity contribution < 1.29 is 9.47 Å². The second-order valence-corrected chi connectivity index (χ2v) is 7.26. The molecule has 144 valence electrons. The van der Waals surface area contributed by atoms with Gasteiger partial charge in [0.15, 0.2) is 0 Å². The van der Waals surface area contributed by atoms with Crippen LogP contribution >= 0.6 is 11.6 Å². The molecule has 0 aromatic heterocycles. The van der Waals surface area contributed by atoms with Crippen LogP contribution < -0.4 is 9.47 Å². The first-order valence-electron chi connectivity index (χ1n) is 10.1. The molecular weight excluding hydrogens is 344 g/mol. The molecule has 0 radical (unpaired) electrons. The minimum atomic E-state index is 0.621. The maximum Gasteiger partial charge on any atom is 0.130 e. The molecule has 1 atom stereocenters. The van der Waals surface area contributed by atoms with Crippen molar-refractivity contribution in [2.75, 3.05) is 19.1 Å². The van der Waals surface area contributed by atoms with Crippen LogP contribution in [0.2, 0.25) is 0 Å². The van der Waals surface area contributed by atoms with E-state index in [4.69, 9.17) is 21.1 Å². The zero-order valence-electron chi connectivity index (χ0n) is 16.5. The molecule has 0 aliphatic carbocycles. The lowest BCUT2D eigenvalue weighted by molar-refractivity contribution is 0.233. The Morgan fingerprint density at radius 1 is 1.00 bits per heavy atom. The Morgan fingerprint density at radius 2 is 1.77 bits per heavy atom. The van der Waals surface area contributed by atoms with Crippen LogP contribution in [-0.2, 0) is 6.42 Å². The summed E-state index contributed by atoms with van der Waals surface area (Å²) in [5, 5.41) is 2.27. The third-order valence-corrected chi connectivity index (χ3v) is 5.22. The molecule has 2 nitrogen and oxygen atoms in total. The molecule has 3 heteroatoms. The molecule has 2 aromatic rings. The highest BCUT2D eigenvalue weighted by atomic mass is 35.5. The lowest BCUT2D eigenvalue weighted by Gasteiger charge is -2.20. The van der Waals surface area contributed by atoms with Crippen molar-refractivity contribution in [2.45, 2.75) is 59.3 Å². The average molecular weight is 377 g/mol. The van der Waals surface area contributed by atoms with Gasteiger partial charge in [-0.05, 0) is 36.8 Å². The molecule has 0 aliphatic heterocycles. The summed E-state index contributed by atoms with van der Waals surface area (Å²) in [7, 11) is 0. The molecule has 1 unspecified atom stereocenters. The van der Waals surface area contributed by atoms with Crippen LogP contribution in [0.15, 0.2) is 30.3 Å². The SMILES string of the molecule is CCCCC(CC)COc1c(CC)cc(OCCCCl)c2ccccc12. The highest BCUT2D eigenvalue weighted by molar-refractivity contribution is 6.17. The Morgan fingerprint density at radius 3 is 2.42 bits per heavy atom. The van der Waals surface area contributed by atoms with Crippen LogP contribution in [-0.4, -0.2) is 19.1 Å². The molecule has 0 heterocycles. The number of halogens is 1. The van der Waals surface area contributed by atoms with Crippen molar-refractivity contribution in [3.63, 3.8) is 0 Å². The smallest absolute Gasteiger partial charge is 0.130 e. The summed E-state index contributed by atoms with van der Waals surface area (Å²) in [4.78, 5) is 0. The molecule has 2 rings (SSSR count). The standard InChI is InChI=1S/C23H33ClO2/c1-4-7-11-18(5-2)17-26-23-19(6-3)16-22(25-15-10-14-24)20-12-8-9-13-21(20)23/h8-9,12-13,16,18H,4-7,10-11,14-15,17H2,1-3H3. The highest BCUT2D eigenvalue weighted by Crippen LogP contribution is 2.37. The number of hydrogen-bond donors (Lipinski definition) is 0. The molecule has 0 saturated heterocycles. The second-order valence-electron chi connectivity index (χ2n) is 6.88. The van der Waals surface area contributed by atoms with Gasteiger partial charge in [-0.1, -0.05) is 64.3 Å². The number of hydrogen-bond acceptors (Lipinski definition) is 2. The molecule has 0 saturated carbocycles. The van der Waals surface area contributed by atoms with E-state index in [0.29, 0.717) is 18.4 Å². The molecule has 0 amide bonds. The number of fused-ring (bicyclic) bond motifs is 1. The van der Waals surface area contributed by atoms with E-state index in [-0.39, 0.29) is 0 Å². The molecule has 2 aromatic carbocycles. The van der Waals surface area contributed by atoms with Crippen molar-refractivity contribution >= 4 is 22.4 Å². The molecular formula is C23H33ClO2. The Bertz CT molecular complexity index is 669. The predicted molar refractivity (Wildman–Crippen MR) is 113 cm³/mol. The van der Waals surface area contributed by atoms with Crippen molar-refractivity contribution in [1.29, 1.82) is 0 Å². The molecule has 26 heavy (non-hydrogen) atoms. The van der Waals surface area contributed by atoms with Gasteiger partial charge in [0.25, 0.3) is 0 Å². The fraction of sp³-hybridized carbons (Fsp3) is 0.565. The topological polar surface area (TPSA) is 18.5 Å². The van der Waals surface area contributed by atoms with Crippen molar-refractivity contribution in [3.05, 3.63) is 35.9 Å². The van der Waals surface area contributed by atoms with E-state index in [1.165, 1.54) is 31.2 Å². The first-order chi connectivity index (χ1) is 12.7. The van der Waals surface area contributed by atoms with Gasteiger partial charge in [-0.15, -0.1) is 11.6 Å². The van der Waals surface area contributed by atoms with Gasteiger partial charge in [0, 0.05) is 16.7 Å². The molecule has 0 spiro atoms. The minimum absolute atomic E-state index is 0.621. The van der Waals surface area contributed by atoms with E-state index in [1.54, 1.807) is 0 Å².